The fourth-order valence-electron chi connectivity index (χ4n) is 4.72. The Balaban J connectivity index is 1.59. The molecule has 0 aliphatic heterocycles. The second-order valence-electron chi connectivity index (χ2n) is 9.90. The molecule has 5 nitrogen and oxygen atoms in total. The first-order chi connectivity index (χ1) is 17.4. The number of ether oxygens (including phenoxy) is 2. The van der Waals surface area contributed by atoms with Crippen LogP contribution in [0, 0.1) is 11.9 Å². The molecule has 0 amide bonds. The Morgan fingerprint density at radius 1 is 1.03 bits per heavy atom. The zero-order valence-electron chi connectivity index (χ0n) is 21.9. The molecule has 2 atom stereocenters. The number of fused-ring (bicyclic) bond motifs is 1. The van der Waals surface area contributed by atoms with Crippen LogP contribution in [-0.2, 0) is 23.5 Å². The number of unbranched alkanes of at least 4 members (excludes halogenated alkanes) is 3. The van der Waals surface area contributed by atoms with Crippen LogP contribution >= 0.6 is 0 Å². The molecule has 0 aromatic carbocycles. The molecule has 1 aliphatic rings. The van der Waals surface area contributed by atoms with Crippen LogP contribution in [0.4, 0.5) is 13.2 Å². The Morgan fingerprint density at radius 2 is 1.75 bits per heavy atom. The van der Waals surface area contributed by atoms with Gasteiger partial charge in [0.15, 0.2) is 5.75 Å². The number of aromatic nitrogens is 3. The van der Waals surface area contributed by atoms with Crippen molar-refractivity contribution >= 4 is 0 Å². The number of rotatable bonds is 15. The number of aryl methyl sites for hydroxylation is 1. The maximum Gasteiger partial charge on any atom is 0.287 e. The summed E-state index contributed by atoms with van der Waals surface area (Å²) in [5.74, 6) is -5.07. The number of hydrogen-bond donors (Lipinski definition) is 0. The topological polar surface area (TPSA) is 57.1 Å². The van der Waals surface area contributed by atoms with Gasteiger partial charge in [0, 0.05) is 25.3 Å². The Morgan fingerprint density at radius 3 is 2.47 bits per heavy atom. The highest BCUT2D eigenvalue weighted by atomic mass is 19.3. The Hall–Kier alpha value is -2.22. The number of pyridine rings is 1. The van der Waals surface area contributed by atoms with E-state index in [1.165, 1.54) is 12.4 Å². The minimum Gasteiger partial charge on any atom is -0.490 e. The van der Waals surface area contributed by atoms with Gasteiger partial charge in [-0.25, -0.2) is 23.7 Å². The molecule has 2 aromatic heterocycles. The van der Waals surface area contributed by atoms with Crippen LogP contribution in [0.1, 0.15) is 101 Å². The first kappa shape index (κ1) is 28.4. The number of halogens is 3. The largest absolute Gasteiger partial charge is 0.490 e. The van der Waals surface area contributed by atoms with Gasteiger partial charge >= 0.3 is 0 Å². The molecule has 0 fully saturated rings. The van der Waals surface area contributed by atoms with Crippen LogP contribution in [0.15, 0.2) is 18.5 Å². The quantitative estimate of drug-likeness (QED) is 0.189. The molecule has 36 heavy (non-hydrogen) atoms. The fraction of sp³-hybridized carbons (Fsp3) is 0.679. The van der Waals surface area contributed by atoms with E-state index in [1.54, 1.807) is 6.07 Å². The summed E-state index contributed by atoms with van der Waals surface area (Å²) in [7, 11) is 0. The zero-order valence-corrected chi connectivity index (χ0v) is 21.9. The fourth-order valence-corrected chi connectivity index (χ4v) is 4.72. The summed E-state index contributed by atoms with van der Waals surface area (Å²) in [6.07, 6.45) is 11.2. The molecule has 3 rings (SSSR count). The van der Waals surface area contributed by atoms with Crippen LogP contribution in [0.3, 0.4) is 0 Å². The van der Waals surface area contributed by atoms with Gasteiger partial charge in [0.25, 0.3) is 5.92 Å². The second-order valence-corrected chi connectivity index (χ2v) is 9.90. The average molecular weight is 508 g/mol. The average Bonchev–Trinajstić information content (AvgIpc) is 2.84. The summed E-state index contributed by atoms with van der Waals surface area (Å²) in [6, 6.07) is 1.66. The van der Waals surface area contributed by atoms with Gasteiger partial charge in [0.2, 0.25) is 5.95 Å². The van der Waals surface area contributed by atoms with E-state index in [2.05, 4.69) is 35.7 Å². The van der Waals surface area contributed by atoms with Gasteiger partial charge in [-0.1, -0.05) is 52.9 Å². The summed E-state index contributed by atoms with van der Waals surface area (Å²) < 4.78 is 57.0. The summed E-state index contributed by atoms with van der Waals surface area (Å²) in [6.45, 7) is 8.15. The zero-order chi connectivity index (χ0) is 26.0. The van der Waals surface area contributed by atoms with Crippen molar-refractivity contribution in [3.05, 3.63) is 47.1 Å². The summed E-state index contributed by atoms with van der Waals surface area (Å²) in [5.41, 5.74) is 0.290. The molecule has 200 valence electrons. The Kier molecular flexibility index (Phi) is 11.0. The van der Waals surface area contributed by atoms with Gasteiger partial charge in [-0.15, -0.1) is 0 Å². The van der Waals surface area contributed by atoms with E-state index < -0.39 is 23.4 Å². The van der Waals surface area contributed by atoms with Crippen molar-refractivity contribution in [2.75, 3.05) is 19.8 Å². The number of hydrogen-bond acceptors (Lipinski definition) is 5. The highest BCUT2D eigenvalue weighted by Crippen LogP contribution is 2.49. The minimum absolute atomic E-state index is 0.00563. The predicted molar refractivity (Wildman–Crippen MR) is 134 cm³/mol. The molecule has 0 saturated heterocycles. The van der Waals surface area contributed by atoms with E-state index in [4.69, 9.17) is 9.47 Å². The highest BCUT2D eigenvalue weighted by Gasteiger charge is 2.50. The van der Waals surface area contributed by atoms with Crippen molar-refractivity contribution in [1.82, 2.24) is 15.0 Å². The van der Waals surface area contributed by atoms with Gasteiger partial charge in [-0.2, -0.15) is 4.39 Å². The molecule has 2 heterocycles. The molecular formula is C28H40F3N3O2. The number of nitrogens with zero attached hydrogens (tertiary/aromatic N) is 3. The lowest BCUT2D eigenvalue weighted by atomic mass is 9.80. The highest BCUT2D eigenvalue weighted by molar-refractivity contribution is 5.37. The van der Waals surface area contributed by atoms with Gasteiger partial charge in [0.05, 0.1) is 30.5 Å². The van der Waals surface area contributed by atoms with Crippen molar-refractivity contribution < 1.29 is 22.6 Å². The van der Waals surface area contributed by atoms with Gasteiger partial charge < -0.3 is 9.47 Å². The van der Waals surface area contributed by atoms with Crippen molar-refractivity contribution in [3.63, 3.8) is 0 Å². The normalized spacial score (nSPS) is 17.6. The van der Waals surface area contributed by atoms with Crippen LogP contribution < -0.4 is 4.74 Å². The first-order valence-electron chi connectivity index (χ1n) is 13.5. The first-order valence-corrected chi connectivity index (χ1v) is 13.5. The van der Waals surface area contributed by atoms with Crippen molar-refractivity contribution in [2.45, 2.75) is 96.8 Å². The lowest BCUT2D eigenvalue weighted by molar-refractivity contribution is -0.0500. The monoisotopic (exact) mass is 507 g/mol. The van der Waals surface area contributed by atoms with E-state index in [0.29, 0.717) is 49.0 Å². The van der Waals surface area contributed by atoms with E-state index in [9.17, 15) is 4.39 Å². The molecule has 1 aliphatic carbocycles. The third kappa shape index (κ3) is 7.64. The molecule has 0 spiro atoms. The van der Waals surface area contributed by atoms with Crippen molar-refractivity contribution in [1.29, 1.82) is 0 Å². The summed E-state index contributed by atoms with van der Waals surface area (Å²) in [4.78, 5) is 12.2. The van der Waals surface area contributed by atoms with Crippen LogP contribution in [0.2, 0.25) is 0 Å². The molecule has 2 aromatic rings. The van der Waals surface area contributed by atoms with Gasteiger partial charge in [-0.05, 0) is 43.2 Å². The molecule has 0 saturated carbocycles. The summed E-state index contributed by atoms with van der Waals surface area (Å²) >= 11 is 0. The van der Waals surface area contributed by atoms with Crippen molar-refractivity contribution in [2.24, 2.45) is 5.92 Å². The molecule has 0 radical (unpaired) electrons. The smallest absolute Gasteiger partial charge is 0.287 e. The van der Waals surface area contributed by atoms with E-state index in [1.807, 2.05) is 0 Å². The third-order valence-electron chi connectivity index (χ3n) is 6.75. The molecular weight excluding hydrogens is 467 g/mol. The van der Waals surface area contributed by atoms with E-state index in [0.717, 1.165) is 51.6 Å². The SMILES string of the molecule is CCCCCOCCCOc1cnc(C2CCc3cc(CC(C)CCCC)nc(F)c3C2(F)F)nc1. The van der Waals surface area contributed by atoms with Crippen LogP contribution in [-0.4, -0.2) is 34.8 Å². The molecule has 8 heteroatoms. The summed E-state index contributed by atoms with van der Waals surface area (Å²) in [5, 5.41) is 0. The lowest BCUT2D eigenvalue weighted by Gasteiger charge is -2.32. The molecule has 0 bridgehead atoms. The molecule has 0 N–H and O–H groups in total. The van der Waals surface area contributed by atoms with Gasteiger partial charge in [-0.3, -0.25) is 0 Å². The number of alkyl halides is 2. The van der Waals surface area contributed by atoms with Gasteiger partial charge in [0.1, 0.15) is 5.82 Å². The van der Waals surface area contributed by atoms with Crippen LogP contribution in [0.25, 0.3) is 0 Å². The lowest BCUT2D eigenvalue weighted by Crippen LogP contribution is -2.33. The molecule has 2 unspecified atom stereocenters. The standard InChI is InChI=1S/C28H40F3N3O2/c1-4-6-8-13-35-14-9-15-36-23-18-32-27(33-19-23)24-12-11-21-17-22(16-20(3)10-7-5-2)34-26(29)25(21)28(24,30)31/h17-20,24H,4-16H2,1-3H3. The van der Waals surface area contributed by atoms with E-state index in [-0.39, 0.29) is 12.2 Å². The van der Waals surface area contributed by atoms with Crippen molar-refractivity contribution in [3.8, 4) is 5.75 Å². The predicted octanol–water partition coefficient (Wildman–Crippen LogP) is 7.18. The maximum absolute atomic E-state index is 15.5. The Labute approximate surface area is 213 Å². The van der Waals surface area contributed by atoms with Crippen LogP contribution in [0.5, 0.6) is 5.75 Å². The third-order valence-corrected chi connectivity index (χ3v) is 6.75. The second kappa shape index (κ2) is 13.9. The maximum atomic E-state index is 15.5. The Bertz CT molecular complexity index is 940. The minimum atomic E-state index is -3.44. The van der Waals surface area contributed by atoms with E-state index >= 15 is 8.78 Å².